The monoisotopic (exact) mass is 607 g/mol. The first-order chi connectivity index (χ1) is 20.4. The molecule has 1 amide bonds. The van der Waals surface area contributed by atoms with Crippen molar-refractivity contribution in [2.75, 3.05) is 25.1 Å². The molecule has 0 aliphatic carbocycles. The molecule has 4 aromatic rings. The van der Waals surface area contributed by atoms with Crippen LogP contribution in [0.5, 0.6) is 5.88 Å². The Morgan fingerprint density at radius 1 is 1.00 bits per heavy atom. The van der Waals surface area contributed by atoms with Crippen molar-refractivity contribution >= 4 is 32.8 Å². The van der Waals surface area contributed by atoms with Crippen molar-refractivity contribution in [1.29, 1.82) is 0 Å². The fraction of sp³-hybridized carbons (Fsp3) is 0.387. The van der Waals surface area contributed by atoms with Crippen molar-refractivity contribution < 1.29 is 27.1 Å². The Labute approximate surface area is 250 Å². The zero-order valence-electron chi connectivity index (χ0n) is 24.7. The zero-order valence-corrected chi connectivity index (χ0v) is 25.6. The first-order valence-electron chi connectivity index (χ1n) is 14.2. The molecule has 0 saturated carbocycles. The number of hydrogen-bond donors (Lipinski definition) is 0. The van der Waals surface area contributed by atoms with E-state index in [9.17, 15) is 13.2 Å². The molecule has 2 unspecified atom stereocenters. The van der Waals surface area contributed by atoms with Crippen LogP contribution < -0.4 is 9.64 Å². The van der Waals surface area contributed by atoms with Gasteiger partial charge in [0.2, 0.25) is 0 Å². The smallest absolute Gasteiger partial charge is 0.410 e. The zero-order chi connectivity index (χ0) is 30.7. The van der Waals surface area contributed by atoms with Crippen LogP contribution in [0, 0.1) is 12.7 Å². The number of aromatic nitrogens is 3. The lowest BCUT2D eigenvalue weighted by atomic mass is 10.1. The van der Waals surface area contributed by atoms with Gasteiger partial charge < -0.3 is 14.4 Å². The number of carbonyl (C=O) groups excluding carboxylic acids is 1. The molecule has 2 atom stereocenters. The van der Waals surface area contributed by atoms with Crippen LogP contribution in [-0.2, 0) is 14.8 Å². The minimum atomic E-state index is -4.21. The second-order valence-corrected chi connectivity index (χ2v) is 13.8. The molecule has 6 rings (SSSR count). The van der Waals surface area contributed by atoms with Crippen LogP contribution in [0.2, 0.25) is 0 Å². The summed E-state index contributed by atoms with van der Waals surface area (Å²) in [6, 6.07) is 11.3. The standard InChI is InChI=1S/C31H34FN5O5S/c1-19-6-10-22(11-7-19)43(39,40)37-26(23-12-14-34-29(41-5)27(23)32)16-24-25(13-15-33-28(24)37)35-17-20-8-9-21(18-35)36(20)30(38)42-31(2,3)4/h6-7,10-16,20-21H,8-9,17-18H2,1-5H3. The maximum absolute atomic E-state index is 15.6. The lowest BCUT2D eigenvalue weighted by Crippen LogP contribution is -2.56. The molecule has 43 heavy (non-hydrogen) atoms. The van der Waals surface area contributed by atoms with Crippen LogP contribution in [0.15, 0.2) is 59.8 Å². The summed E-state index contributed by atoms with van der Waals surface area (Å²) in [5.41, 5.74) is 1.35. The number of anilines is 1. The predicted octanol–water partition coefficient (Wildman–Crippen LogP) is 5.38. The number of carbonyl (C=O) groups is 1. The van der Waals surface area contributed by atoms with Crippen molar-refractivity contribution in [2.45, 2.75) is 63.1 Å². The normalized spacial score (nSPS) is 18.7. The van der Waals surface area contributed by atoms with Gasteiger partial charge in [-0.25, -0.2) is 31.5 Å². The molecule has 2 aliphatic rings. The summed E-state index contributed by atoms with van der Waals surface area (Å²) in [5, 5.41) is 0.550. The number of rotatable bonds is 5. The number of aryl methyl sites for hydroxylation is 1. The molecule has 2 aliphatic heterocycles. The Bertz CT molecular complexity index is 1800. The summed E-state index contributed by atoms with van der Waals surface area (Å²) in [4.78, 5) is 25.5. The van der Waals surface area contributed by atoms with Crippen molar-refractivity contribution in [1.82, 2.24) is 18.8 Å². The minimum absolute atomic E-state index is 0.0151. The molecule has 2 saturated heterocycles. The van der Waals surface area contributed by atoms with Gasteiger partial charge in [-0.15, -0.1) is 0 Å². The predicted molar refractivity (Wildman–Crippen MR) is 160 cm³/mol. The summed E-state index contributed by atoms with van der Waals surface area (Å²) in [5.74, 6) is -1.02. The minimum Gasteiger partial charge on any atom is -0.479 e. The quantitative estimate of drug-likeness (QED) is 0.298. The van der Waals surface area contributed by atoms with E-state index in [2.05, 4.69) is 14.9 Å². The van der Waals surface area contributed by atoms with Gasteiger partial charge in [0.15, 0.2) is 11.5 Å². The van der Waals surface area contributed by atoms with Crippen LogP contribution in [0.3, 0.4) is 0 Å². The molecule has 2 bridgehead atoms. The van der Waals surface area contributed by atoms with E-state index in [1.165, 1.54) is 31.5 Å². The molecule has 12 heteroatoms. The van der Waals surface area contributed by atoms with Gasteiger partial charge in [0, 0.05) is 42.1 Å². The van der Waals surface area contributed by atoms with Crippen molar-refractivity contribution in [2.24, 2.45) is 0 Å². The highest BCUT2D eigenvalue weighted by molar-refractivity contribution is 7.90. The van der Waals surface area contributed by atoms with Crippen molar-refractivity contribution in [3.63, 3.8) is 0 Å². The van der Waals surface area contributed by atoms with Crippen molar-refractivity contribution in [3.8, 4) is 17.1 Å². The van der Waals surface area contributed by atoms with Gasteiger partial charge in [0.1, 0.15) is 5.60 Å². The number of pyridine rings is 2. The summed E-state index contributed by atoms with van der Waals surface area (Å²) in [6.07, 6.45) is 4.29. The number of benzene rings is 1. The number of ether oxygens (including phenoxy) is 2. The Morgan fingerprint density at radius 3 is 2.28 bits per heavy atom. The Kier molecular flexibility index (Phi) is 7.07. The van der Waals surface area contributed by atoms with Gasteiger partial charge in [-0.05, 0) is 70.9 Å². The molecule has 3 aromatic heterocycles. The Morgan fingerprint density at radius 2 is 1.65 bits per heavy atom. The average Bonchev–Trinajstić information content (AvgIpc) is 3.47. The van der Waals surface area contributed by atoms with Gasteiger partial charge >= 0.3 is 6.09 Å². The maximum atomic E-state index is 15.6. The van der Waals surface area contributed by atoms with Crippen LogP contribution >= 0.6 is 0 Å². The molecule has 0 N–H and O–H groups in total. The molecular weight excluding hydrogens is 573 g/mol. The Balaban J connectivity index is 1.49. The Hall–Kier alpha value is -4.19. The van der Waals surface area contributed by atoms with Crippen LogP contribution in [0.1, 0.15) is 39.2 Å². The summed E-state index contributed by atoms with van der Waals surface area (Å²) >= 11 is 0. The van der Waals surface area contributed by atoms with Gasteiger partial charge in [0.05, 0.1) is 29.8 Å². The van der Waals surface area contributed by atoms with E-state index >= 15 is 4.39 Å². The number of methoxy groups -OCH3 is 1. The number of hydrogen-bond acceptors (Lipinski definition) is 8. The van der Waals surface area contributed by atoms with Gasteiger partial charge in [-0.2, -0.15) is 0 Å². The fourth-order valence-corrected chi connectivity index (χ4v) is 7.54. The van der Waals surface area contributed by atoms with E-state index in [0.717, 1.165) is 28.1 Å². The van der Waals surface area contributed by atoms with Gasteiger partial charge in [-0.1, -0.05) is 17.7 Å². The number of fused-ring (bicyclic) bond motifs is 3. The number of nitrogens with zero attached hydrogens (tertiary/aromatic N) is 5. The summed E-state index contributed by atoms with van der Waals surface area (Å²) in [7, 11) is -2.91. The van der Waals surface area contributed by atoms with E-state index in [1.807, 2.05) is 38.7 Å². The first-order valence-corrected chi connectivity index (χ1v) is 15.6. The summed E-state index contributed by atoms with van der Waals surface area (Å²) < 4.78 is 55.9. The van der Waals surface area contributed by atoms with E-state index in [1.54, 1.807) is 24.4 Å². The molecule has 5 heterocycles. The van der Waals surface area contributed by atoms with Crippen molar-refractivity contribution in [3.05, 3.63) is 66.2 Å². The third-order valence-corrected chi connectivity index (χ3v) is 9.67. The SMILES string of the molecule is COc1nccc(-c2cc3c(N4CC5CCC(C4)N5C(=O)OC(C)(C)C)ccnc3n2S(=O)(=O)c2ccc(C)cc2)c1F. The van der Waals surface area contributed by atoms with Gasteiger partial charge in [-0.3, -0.25) is 4.90 Å². The number of amides is 1. The number of piperazine rings is 1. The summed E-state index contributed by atoms with van der Waals surface area (Å²) in [6.45, 7) is 8.50. The van der Waals surface area contributed by atoms with E-state index in [4.69, 9.17) is 9.47 Å². The fourth-order valence-electron chi connectivity index (χ4n) is 6.06. The molecular formula is C31H34FN5O5S. The van der Waals surface area contributed by atoms with E-state index in [0.29, 0.717) is 18.5 Å². The molecule has 226 valence electrons. The topological polar surface area (TPSA) is 107 Å². The lowest BCUT2D eigenvalue weighted by Gasteiger charge is -2.42. The molecule has 0 spiro atoms. The van der Waals surface area contributed by atoms with E-state index in [-0.39, 0.29) is 45.9 Å². The third-order valence-electron chi connectivity index (χ3n) is 7.95. The second-order valence-electron chi connectivity index (χ2n) is 12.0. The highest BCUT2D eigenvalue weighted by atomic mass is 32.2. The first kappa shape index (κ1) is 28.9. The lowest BCUT2D eigenvalue weighted by molar-refractivity contribution is 0.0123. The molecule has 1 aromatic carbocycles. The maximum Gasteiger partial charge on any atom is 0.410 e. The largest absolute Gasteiger partial charge is 0.479 e. The highest BCUT2D eigenvalue weighted by Gasteiger charge is 2.45. The van der Waals surface area contributed by atoms with Crippen LogP contribution in [0.4, 0.5) is 14.9 Å². The van der Waals surface area contributed by atoms with Gasteiger partial charge in [0.25, 0.3) is 15.9 Å². The van der Waals surface area contributed by atoms with Crippen LogP contribution in [-0.4, -0.2) is 71.2 Å². The molecule has 10 nitrogen and oxygen atoms in total. The number of halogens is 1. The third kappa shape index (κ3) is 5.07. The molecule has 2 fully saturated rings. The second kappa shape index (κ2) is 10.5. The average molecular weight is 608 g/mol. The highest BCUT2D eigenvalue weighted by Crippen LogP contribution is 2.40. The molecule has 0 radical (unpaired) electrons. The van der Waals surface area contributed by atoms with E-state index < -0.39 is 21.4 Å². The van der Waals surface area contributed by atoms with Crippen LogP contribution in [0.25, 0.3) is 22.3 Å².